The lowest BCUT2D eigenvalue weighted by Gasteiger charge is -2.13. The van der Waals surface area contributed by atoms with Gasteiger partial charge in [0, 0.05) is 12.5 Å². The highest BCUT2D eigenvalue weighted by atomic mass is 15.1. The van der Waals surface area contributed by atoms with Gasteiger partial charge in [-0.05, 0) is 38.0 Å². The van der Waals surface area contributed by atoms with Crippen LogP contribution >= 0.6 is 0 Å². The second-order valence-corrected chi connectivity index (χ2v) is 4.54. The minimum atomic E-state index is 0.503. The van der Waals surface area contributed by atoms with Gasteiger partial charge in [-0.3, -0.25) is 0 Å². The molecule has 0 radical (unpaired) electrons. The first kappa shape index (κ1) is 12.6. The summed E-state index contributed by atoms with van der Waals surface area (Å²) in [4.78, 5) is 4.75. The Hall–Kier alpha value is -1.82. The van der Waals surface area contributed by atoms with Crippen molar-refractivity contribution in [1.29, 1.82) is 5.26 Å². The predicted octanol–water partition coefficient (Wildman–Crippen LogP) is 3.83. The van der Waals surface area contributed by atoms with E-state index in [9.17, 15) is 0 Å². The van der Waals surface area contributed by atoms with Crippen LogP contribution in [0, 0.1) is 11.3 Å². The third kappa shape index (κ3) is 1.99. The lowest BCUT2D eigenvalue weighted by molar-refractivity contribution is 0.564. The minimum Gasteiger partial charge on any atom is -0.328 e. The number of hydrogen-bond acceptors (Lipinski definition) is 2. The predicted molar refractivity (Wildman–Crippen MR) is 73.4 cm³/mol. The highest BCUT2D eigenvalue weighted by molar-refractivity contribution is 5.77. The van der Waals surface area contributed by atoms with Crippen molar-refractivity contribution in [1.82, 2.24) is 9.55 Å². The fourth-order valence-electron chi connectivity index (χ4n) is 2.52. The number of aryl methyl sites for hydroxylation is 1. The standard InChI is InChI=1S/C15H19N3/c1-4-12(5-2)15-17-13-9-11(10-16)7-8-14(13)18(15)6-3/h7-9,12H,4-6H2,1-3H3. The van der Waals surface area contributed by atoms with E-state index in [4.69, 9.17) is 10.2 Å². The highest BCUT2D eigenvalue weighted by Gasteiger charge is 2.16. The van der Waals surface area contributed by atoms with Crippen LogP contribution in [0.15, 0.2) is 18.2 Å². The second-order valence-electron chi connectivity index (χ2n) is 4.54. The van der Waals surface area contributed by atoms with E-state index >= 15 is 0 Å². The number of hydrogen-bond donors (Lipinski definition) is 0. The van der Waals surface area contributed by atoms with Gasteiger partial charge in [0.2, 0.25) is 0 Å². The zero-order valence-corrected chi connectivity index (χ0v) is 11.3. The largest absolute Gasteiger partial charge is 0.328 e. The van der Waals surface area contributed by atoms with Crippen LogP contribution in [-0.2, 0) is 6.54 Å². The number of nitriles is 1. The molecule has 2 aromatic rings. The summed E-state index contributed by atoms with van der Waals surface area (Å²) in [5, 5.41) is 8.95. The van der Waals surface area contributed by atoms with Crippen molar-refractivity contribution in [2.75, 3.05) is 0 Å². The summed E-state index contributed by atoms with van der Waals surface area (Å²) in [6.45, 7) is 7.47. The Labute approximate surface area is 108 Å². The average molecular weight is 241 g/mol. The molecule has 0 fully saturated rings. The molecule has 0 bridgehead atoms. The van der Waals surface area contributed by atoms with Crippen molar-refractivity contribution in [3.63, 3.8) is 0 Å². The van der Waals surface area contributed by atoms with Crippen LogP contribution in [-0.4, -0.2) is 9.55 Å². The quantitative estimate of drug-likeness (QED) is 0.816. The third-order valence-corrected chi connectivity index (χ3v) is 3.57. The first-order valence-corrected chi connectivity index (χ1v) is 6.65. The number of fused-ring (bicyclic) bond motifs is 1. The van der Waals surface area contributed by atoms with E-state index in [1.165, 1.54) is 0 Å². The van der Waals surface area contributed by atoms with Gasteiger partial charge in [0.25, 0.3) is 0 Å². The first-order valence-electron chi connectivity index (χ1n) is 6.65. The molecule has 0 saturated carbocycles. The molecule has 0 amide bonds. The zero-order chi connectivity index (χ0) is 13.1. The summed E-state index contributed by atoms with van der Waals surface area (Å²) in [5.74, 6) is 1.66. The van der Waals surface area contributed by atoms with E-state index in [1.54, 1.807) is 0 Å². The molecule has 0 saturated heterocycles. The van der Waals surface area contributed by atoms with Crippen molar-refractivity contribution in [3.8, 4) is 6.07 Å². The number of rotatable bonds is 4. The highest BCUT2D eigenvalue weighted by Crippen LogP contribution is 2.27. The molecule has 0 atom stereocenters. The number of benzene rings is 1. The summed E-state index contributed by atoms with van der Waals surface area (Å²) < 4.78 is 2.27. The van der Waals surface area contributed by atoms with Crippen LogP contribution in [0.4, 0.5) is 0 Å². The Morgan fingerprint density at radius 3 is 2.56 bits per heavy atom. The number of imidazole rings is 1. The van der Waals surface area contributed by atoms with Gasteiger partial charge in [0.05, 0.1) is 22.7 Å². The molecular weight excluding hydrogens is 222 g/mol. The van der Waals surface area contributed by atoms with Gasteiger partial charge in [0.15, 0.2) is 0 Å². The number of nitrogens with zero attached hydrogens (tertiary/aromatic N) is 3. The Balaban J connectivity index is 2.64. The number of aromatic nitrogens is 2. The van der Waals surface area contributed by atoms with Gasteiger partial charge >= 0.3 is 0 Å². The topological polar surface area (TPSA) is 41.6 Å². The summed E-state index contributed by atoms with van der Waals surface area (Å²) in [6, 6.07) is 7.93. The lowest BCUT2D eigenvalue weighted by atomic mass is 10.0. The Morgan fingerprint density at radius 2 is 2.00 bits per heavy atom. The molecule has 1 aromatic heterocycles. The SMILES string of the molecule is CCC(CC)c1nc2cc(C#N)ccc2n1CC. The molecule has 0 aliphatic rings. The van der Waals surface area contributed by atoms with E-state index in [-0.39, 0.29) is 0 Å². The molecule has 0 aliphatic carbocycles. The van der Waals surface area contributed by atoms with Crippen molar-refractivity contribution in [2.45, 2.75) is 46.1 Å². The van der Waals surface area contributed by atoms with Crippen LogP contribution in [0.25, 0.3) is 11.0 Å². The lowest BCUT2D eigenvalue weighted by Crippen LogP contribution is -2.07. The van der Waals surface area contributed by atoms with Gasteiger partial charge in [-0.2, -0.15) is 5.26 Å². The van der Waals surface area contributed by atoms with Crippen molar-refractivity contribution in [2.24, 2.45) is 0 Å². The van der Waals surface area contributed by atoms with Gasteiger partial charge in [-0.15, -0.1) is 0 Å². The molecule has 3 heteroatoms. The van der Waals surface area contributed by atoms with Gasteiger partial charge in [-0.25, -0.2) is 4.98 Å². The molecule has 0 aliphatic heterocycles. The van der Waals surface area contributed by atoms with Crippen LogP contribution in [0.3, 0.4) is 0 Å². The van der Waals surface area contributed by atoms with Crippen molar-refractivity contribution >= 4 is 11.0 Å². The van der Waals surface area contributed by atoms with Crippen LogP contribution < -0.4 is 0 Å². The summed E-state index contributed by atoms with van der Waals surface area (Å²) in [7, 11) is 0. The van der Waals surface area contributed by atoms with E-state index in [1.807, 2.05) is 18.2 Å². The Bertz CT molecular complexity index is 586. The molecule has 94 valence electrons. The third-order valence-electron chi connectivity index (χ3n) is 3.57. The zero-order valence-electron chi connectivity index (χ0n) is 11.3. The molecule has 2 rings (SSSR count). The Kier molecular flexibility index (Phi) is 3.66. The molecule has 1 heterocycles. The summed E-state index contributed by atoms with van der Waals surface area (Å²) >= 11 is 0. The van der Waals surface area contributed by atoms with E-state index in [2.05, 4.69) is 31.4 Å². The van der Waals surface area contributed by atoms with Crippen LogP contribution in [0.5, 0.6) is 0 Å². The van der Waals surface area contributed by atoms with E-state index in [0.29, 0.717) is 11.5 Å². The maximum atomic E-state index is 8.95. The van der Waals surface area contributed by atoms with E-state index < -0.39 is 0 Å². The van der Waals surface area contributed by atoms with Gasteiger partial charge < -0.3 is 4.57 Å². The van der Waals surface area contributed by atoms with Gasteiger partial charge in [-0.1, -0.05) is 13.8 Å². The maximum Gasteiger partial charge on any atom is 0.112 e. The fraction of sp³-hybridized carbons (Fsp3) is 0.467. The first-order chi connectivity index (χ1) is 8.74. The minimum absolute atomic E-state index is 0.503. The normalized spacial score (nSPS) is 11.1. The molecule has 18 heavy (non-hydrogen) atoms. The summed E-state index contributed by atoms with van der Waals surface area (Å²) in [6.07, 6.45) is 2.20. The smallest absolute Gasteiger partial charge is 0.112 e. The fourth-order valence-corrected chi connectivity index (χ4v) is 2.52. The van der Waals surface area contributed by atoms with Crippen molar-refractivity contribution < 1.29 is 0 Å². The molecular formula is C15H19N3. The van der Waals surface area contributed by atoms with E-state index in [0.717, 1.165) is 36.2 Å². The summed E-state index contributed by atoms with van der Waals surface area (Å²) in [5.41, 5.74) is 2.76. The average Bonchev–Trinajstić information content (AvgIpc) is 2.77. The molecule has 3 nitrogen and oxygen atoms in total. The Morgan fingerprint density at radius 1 is 1.28 bits per heavy atom. The van der Waals surface area contributed by atoms with Crippen LogP contribution in [0.2, 0.25) is 0 Å². The monoisotopic (exact) mass is 241 g/mol. The molecule has 0 N–H and O–H groups in total. The second kappa shape index (κ2) is 5.22. The molecule has 0 spiro atoms. The molecule has 1 aromatic carbocycles. The van der Waals surface area contributed by atoms with Crippen LogP contribution in [0.1, 0.15) is 50.9 Å². The maximum absolute atomic E-state index is 8.95. The van der Waals surface area contributed by atoms with Crippen molar-refractivity contribution in [3.05, 3.63) is 29.6 Å². The molecule has 0 unspecified atom stereocenters. The van der Waals surface area contributed by atoms with Gasteiger partial charge in [0.1, 0.15) is 5.82 Å².